The maximum atomic E-state index is 15.0. The minimum absolute atomic E-state index is 0.0466. The van der Waals surface area contributed by atoms with Crippen LogP contribution in [0.1, 0.15) is 62.0 Å². The number of sulfonamides is 2. The average Bonchev–Trinajstić information content (AvgIpc) is 3.01. The summed E-state index contributed by atoms with van der Waals surface area (Å²) >= 11 is 0. The van der Waals surface area contributed by atoms with Crippen LogP contribution in [0.2, 0.25) is 0 Å². The lowest BCUT2D eigenvalue weighted by Crippen LogP contribution is -2.61. The highest BCUT2D eigenvalue weighted by Gasteiger charge is 2.58. The van der Waals surface area contributed by atoms with Gasteiger partial charge in [-0.25, -0.2) is 17.8 Å². The van der Waals surface area contributed by atoms with Crippen LogP contribution in [0.15, 0.2) is 82.1 Å². The van der Waals surface area contributed by atoms with Gasteiger partial charge in [-0.3, -0.25) is 24.0 Å². The summed E-state index contributed by atoms with van der Waals surface area (Å²) in [7, 11) is -8.78. The number of carbonyl (C=O) groups is 4. The number of ketones is 2. The van der Waals surface area contributed by atoms with Crippen LogP contribution in [0.3, 0.4) is 0 Å². The number of nitrogens with one attached hydrogen (secondary N) is 1. The van der Waals surface area contributed by atoms with Gasteiger partial charge in [0.1, 0.15) is 23.3 Å². The normalized spacial score (nSPS) is 19.7. The first-order valence-electron chi connectivity index (χ1n) is 15.4. The molecule has 1 heterocycles. The quantitative estimate of drug-likeness (QED) is 0.237. The molecule has 2 aliphatic rings. The second kappa shape index (κ2) is 13.3. The van der Waals surface area contributed by atoms with E-state index in [2.05, 4.69) is 9.71 Å². The summed E-state index contributed by atoms with van der Waals surface area (Å²) < 4.78 is 56.3. The molecule has 2 amide bonds. The number of hydrogen-bond donors (Lipinski definition) is 1. The maximum absolute atomic E-state index is 15.0. The third kappa shape index (κ3) is 6.65. The molecule has 0 spiro atoms. The molecule has 3 aromatic carbocycles. The summed E-state index contributed by atoms with van der Waals surface area (Å²) in [6.07, 6.45) is 1.27. The molecule has 15 heteroatoms. The van der Waals surface area contributed by atoms with Crippen molar-refractivity contribution in [2.24, 2.45) is 16.2 Å². The van der Waals surface area contributed by atoms with Gasteiger partial charge in [0.25, 0.3) is 10.0 Å². The van der Waals surface area contributed by atoms with Crippen molar-refractivity contribution in [3.05, 3.63) is 89.5 Å². The fourth-order valence-electron chi connectivity index (χ4n) is 6.23. The molecule has 3 aromatic rings. The number of amidine groups is 1. The van der Waals surface area contributed by atoms with Crippen LogP contribution < -0.4 is 9.62 Å². The summed E-state index contributed by atoms with van der Waals surface area (Å²) in [6, 6.07) is 18.8. The maximum Gasteiger partial charge on any atom is 0.286 e. The number of carbonyl (C=O) groups excluding carboxylic acids is 4. The van der Waals surface area contributed by atoms with E-state index in [1.165, 1.54) is 25.1 Å². The average molecular weight is 709 g/mol. The number of hydrogen-bond acceptors (Lipinski definition) is 10. The van der Waals surface area contributed by atoms with Crippen molar-refractivity contribution in [2.45, 2.75) is 57.6 Å². The van der Waals surface area contributed by atoms with Gasteiger partial charge in [0.15, 0.2) is 17.1 Å². The Bertz CT molecular complexity index is 2100. The molecular formula is C34H36N4O9S2. The van der Waals surface area contributed by atoms with Crippen molar-refractivity contribution in [2.75, 3.05) is 15.9 Å². The highest BCUT2D eigenvalue weighted by Crippen LogP contribution is 2.46. The van der Waals surface area contributed by atoms with E-state index >= 15 is 4.79 Å². The van der Waals surface area contributed by atoms with Gasteiger partial charge in [0.2, 0.25) is 21.8 Å². The molecule has 0 fully saturated rings. The molecule has 0 bridgehead atoms. The fourth-order valence-corrected chi connectivity index (χ4v) is 8.37. The lowest BCUT2D eigenvalue weighted by molar-refractivity contribution is -0.231. The van der Waals surface area contributed by atoms with Crippen molar-refractivity contribution in [3.8, 4) is 0 Å². The smallest absolute Gasteiger partial charge is 0.286 e. The van der Waals surface area contributed by atoms with Crippen LogP contribution in [0, 0.1) is 11.8 Å². The number of nitrogens with zero attached hydrogens (tertiary/aromatic N) is 3. The highest BCUT2D eigenvalue weighted by atomic mass is 32.2. The lowest BCUT2D eigenvalue weighted by atomic mass is 9.66. The molecule has 0 saturated carbocycles. The zero-order valence-corrected chi connectivity index (χ0v) is 29.2. The fraction of sp³-hybridized carbons (Fsp3) is 0.324. The summed E-state index contributed by atoms with van der Waals surface area (Å²) in [5.74, 6) is -5.24. The van der Waals surface area contributed by atoms with Crippen LogP contribution in [0.25, 0.3) is 0 Å². The zero-order chi connectivity index (χ0) is 35.9. The first-order valence-corrected chi connectivity index (χ1v) is 18.7. The van der Waals surface area contributed by atoms with Gasteiger partial charge in [-0.15, -0.1) is 4.40 Å². The molecule has 258 valence electrons. The third-order valence-electron chi connectivity index (χ3n) is 8.34. The van der Waals surface area contributed by atoms with E-state index in [4.69, 9.17) is 4.84 Å². The Labute approximate surface area is 285 Å². The molecule has 1 N–H and O–H groups in total. The Hall–Kier alpha value is -4.73. The van der Waals surface area contributed by atoms with Crippen molar-refractivity contribution in [3.63, 3.8) is 0 Å². The molecule has 1 aliphatic carbocycles. The van der Waals surface area contributed by atoms with Gasteiger partial charge >= 0.3 is 0 Å². The van der Waals surface area contributed by atoms with Crippen molar-refractivity contribution >= 4 is 60.6 Å². The van der Waals surface area contributed by atoms with Crippen LogP contribution >= 0.6 is 0 Å². The topological polar surface area (TPSA) is 177 Å². The number of hydroxylamine groups is 2. The molecule has 2 unspecified atom stereocenters. The molecule has 0 radical (unpaired) electrons. The van der Waals surface area contributed by atoms with E-state index in [1.807, 2.05) is 19.9 Å². The van der Waals surface area contributed by atoms with E-state index in [-0.39, 0.29) is 41.4 Å². The molecule has 0 saturated heterocycles. The minimum Gasteiger partial charge on any atom is -0.341 e. The Morgan fingerprint density at radius 1 is 0.980 bits per heavy atom. The second-order valence-corrected chi connectivity index (χ2v) is 15.8. The number of fused-ring (bicyclic) bond motifs is 2. The van der Waals surface area contributed by atoms with Gasteiger partial charge in [-0.2, -0.15) is 8.42 Å². The summed E-state index contributed by atoms with van der Waals surface area (Å²) in [5.41, 5.74) is -1.12. The number of anilines is 2. The third-order valence-corrected chi connectivity index (χ3v) is 10.8. The van der Waals surface area contributed by atoms with E-state index in [0.717, 1.165) is 29.9 Å². The van der Waals surface area contributed by atoms with E-state index < -0.39 is 65.6 Å². The Morgan fingerprint density at radius 2 is 1.63 bits per heavy atom. The van der Waals surface area contributed by atoms with E-state index in [9.17, 15) is 31.2 Å². The summed E-state index contributed by atoms with van der Waals surface area (Å²) in [4.78, 5) is 60.5. The highest BCUT2D eigenvalue weighted by molar-refractivity contribution is 7.92. The second-order valence-electron chi connectivity index (χ2n) is 12.4. The molecule has 0 aromatic heterocycles. The predicted octanol–water partition coefficient (Wildman–Crippen LogP) is 4.21. The minimum atomic E-state index is -4.66. The Balaban J connectivity index is 1.66. The van der Waals surface area contributed by atoms with Crippen LogP contribution in [0.5, 0.6) is 0 Å². The van der Waals surface area contributed by atoms with Gasteiger partial charge in [0, 0.05) is 19.4 Å². The van der Waals surface area contributed by atoms with Gasteiger partial charge in [-0.05, 0) is 48.1 Å². The Morgan fingerprint density at radius 3 is 2.24 bits per heavy atom. The number of rotatable bonds is 10. The van der Waals surface area contributed by atoms with Crippen molar-refractivity contribution in [1.29, 1.82) is 0 Å². The van der Waals surface area contributed by atoms with Crippen molar-refractivity contribution < 1.29 is 40.9 Å². The van der Waals surface area contributed by atoms with E-state index in [0.29, 0.717) is 10.7 Å². The zero-order valence-electron chi connectivity index (χ0n) is 27.5. The molecule has 1 aliphatic heterocycles. The first kappa shape index (κ1) is 35.6. The number of Topliss-reactive ketones (excluding diaryl/α,β-unsaturated/α-hetero) is 2. The monoisotopic (exact) mass is 708 g/mol. The van der Waals surface area contributed by atoms with Gasteiger partial charge in [0.05, 0.1) is 17.6 Å². The summed E-state index contributed by atoms with van der Waals surface area (Å²) in [5, 5.41) is 3.81. The lowest BCUT2D eigenvalue weighted by Gasteiger charge is -2.46. The molecule has 5 rings (SSSR count). The van der Waals surface area contributed by atoms with Crippen LogP contribution in [-0.2, 0) is 51.4 Å². The SMILES string of the molecule is CC(=O)N(OCc1ccccc1)C1(CCC(C)C)C(=O)C(C2=NS(=O)(=O)c3cc(N(C(C)=O)S(C)(=O)=O)ccc3N2)C(=O)c2ccccc21. The first-order chi connectivity index (χ1) is 23.0. The number of amides is 2. The standard InChI is InChI=1S/C34H36N4O9S2/c1-21(2)17-18-34(38(23(4)40)47-20-24-11-7-6-8-12-24)27-14-10-9-13-26(27)31(41)30(32(34)42)33-35-28-16-15-25(19-29(28)49(45,46)36-33)37(22(3)39)48(5,43)44/h6-16,19,21,30H,17-18,20H2,1-5H3,(H,35,36). The largest absolute Gasteiger partial charge is 0.341 e. The molecule has 49 heavy (non-hydrogen) atoms. The molecular weight excluding hydrogens is 673 g/mol. The Kier molecular flexibility index (Phi) is 9.65. The van der Waals surface area contributed by atoms with Crippen LogP contribution in [0.4, 0.5) is 11.4 Å². The predicted molar refractivity (Wildman–Crippen MR) is 181 cm³/mol. The van der Waals surface area contributed by atoms with Crippen LogP contribution in [-0.4, -0.2) is 57.4 Å². The summed E-state index contributed by atoms with van der Waals surface area (Å²) in [6.45, 7) is 6.08. The van der Waals surface area contributed by atoms with Gasteiger partial charge in [-0.1, -0.05) is 68.4 Å². The number of benzene rings is 3. The van der Waals surface area contributed by atoms with E-state index in [1.54, 1.807) is 42.5 Å². The molecule has 13 nitrogen and oxygen atoms in total. The van der Waals surface area contributed by atoms with Crippen molar-refractivity contribution in [1.82, 2.24) is 5.06 Å². The van der Waals surface area contributed by atoms with Gasteiger partial charge < -0.3 is 5.32 Å². The molecule has 2 atom stereocenters.